The van der Waals surface area contributed by atoms with Gasteiger partial charge in [-0.25, -0.2) is 18.9 Å². The molecule has 0 N–H and O–H groups in total. The van der Waals surface area contributed by atoms with Crippen molar-refractivity contribution >= 4 is 23.3 Å². The van der Waals surface area contributed by atoms with Crippen LogP contribution in [0.3, 0.4) is 0 Å². The van der Waals surface area contributed by atoms with E-state index >= 15 is 0 Å². The lowest BCUT2D eigenvalue weighted by Gasteiger charge is -2.33. The fourth-order valence-corrected chi connectivity index (χ4v) is 4.93. The van der Waals surface area contributed by atoms with Gasteiger partial charge in [0.05, 0.1) is 29.8 Å². The molecule has 1 atom stereocenters. The number of aromatic nitrogens is 6. The van der Waals surface area contributed by atoms with Crippen LogP contribution in [0.25, 0.3) is 16.9 Å². The Labute approximate surface area is 230 Å². The van der Waals surface area contributed by atoms with Gasteiger partial charge in [0.15, 0.2) is 0 Å². The SMILES string of the molecule is Cc1c(-c2cc(O[C@H](C)c3ccc(F)cn3)n3c(Cl)cnc3c2)nnn1C1CCN(C(=O)OC(C)(C)C)CC1. The highest BCUT2D eigenvalue weighted by Gasteiger charge is 2.29. The standard InChI is InChI=1S/C27H31ClFN7O3/c1-16-25(32-33-36(16)20-8-10-34(11-9-20)26(37)39-27(3,4)5)18-12-23-31-15-22(28)35(23)24(13-18)38-17(2)21-7-6-19(29)14-30-21/h6-7,12-15,17,20H,8-11H2,1-5H3/t17-/m1/s1. The van der Waals surface area contributed by atoms with E-state index < -0.39 is 17.5 Å². The number of fused-ring (bicyclic) bond motifs is 1. The second-order valence-electron chi connectivity index (χ2n) is 10.7. The molecule has 0 saturated carbocycles. The number of amides is 1. The normalized spacial score (nSPS) is 15.5. The molecule has 12 heteroatoms. The molecule has 0 bridgehead atoms. The van der Waals surface area contributed by atoms with E-state index in [4.69, 9.17) is 21.1 Å². The smallest absolute Gasteiger partial charge is 0.410 e. The van der Waals surface area contributed by atoms with Crippen LogP contribution in [0.4, 0.5) is 9.18 Å². The van der Waals surface area contributed by atoms with Crippen LogP contribution in [0, 0.1) is 12.7 Å². The van der Waals surface area contributed by atoms with Gasteiger partial charge in [-0.2, -0.15) is 0 Å². The summed E-state index contributed by atoms with van der Waals surface area (Å²) in [6.45, 7) is 10.6. The van der Waals surface area contributed by atoms with Crippen molar-refractivity contribution in [3.05, 3.63) is 59.0 Å². The van der Waals surface area contributed by atoms with Crippen molar-refractivity contribution in [2.24, 2.45) is 0 Å². The average Bonchev–Trinajstić information content (AvgIpc) is 3.46. The van der Waals surface area contributed by atoms with Crippen molar-refractivity contribution < 1.29 is 18.7 Å². The van der Waals surface area contributed by atoms with Gasteiger partial charge in [-0.05, 0) is 65.7 Å². The predicted molar refractivity (Wildman–Crippen MR) is 143 cm³/mol. The molecular formula is C27H31ClFN7O3. The molecule has 0 aliphatic carbocycles. The first-order valence-corrected chi connectivity index (χ1v) is 13.2. The lowest BCUT2D eigenvalue weighted by Crippen LogP contribution is -2.42. The number of imidazole rings is 1. The van der Waals surface area contributed by atoms with E-state index in [0.29, 0.717) is 41.2 Å². The summed E-state index contributed by atoms with van der Waals surface area (Å²) in [6, 6.07) is 6.76. The molecule has 4 aromatic rings. The van der Waals surface area contributed by atoms with Crippen LogP contribution in [-0.2, 0) is 4.74 Å². The van der Waals surface area contributed by atoms with Gasteiger partial charge in [0.25, 0.3) is 0 Å². The largest absolute Gasteiger partial charge is 0.469 e. The molecule has 0 spiro atoms. The van der Waals surface area contributed by atoms with Crippen molar-refractivity contribution in [3.63, 3.8) is 0 Å². The Morgan fingerprint density at radius 3 is 2.56 bits per heavy atom. The molecule has 1 aliphatic rings. The number of hydrogen-bond acceptors (Lipinski definition) is 7. The molecule has 5 rings (SSSR count). The summed E-state index contributed by atoms with van der Waals surface area (Å²) in [7, 11) is 0. The van der Waals surface area contributed by atoms with E-state index in [1.54, 1.807) is 21.6 Å². The van der Waals surface area contributed by atoms with Gasteiger partial charge in [0, 0.05) is 24.7 Å². The number of halogens is 2. The van der Waals surface area contributed by atoms with Gasteiger partial charge in [-0.15, -0.1) is 5.10 Å². The summed E-state index contributed by atoms with van der Waals surface area (Å²) >= 11 is 6.42. The molecule has 10 nitrogen and oxygen atoms in total. The van der Waals surface area contributed by atoms with Crippen LogP contribution in [-0.4, -0.2) is 59.0 Å². The quantitative estimate of drug-likeness (QED) is 0.307. The number of likely N-dealkylation sites (tertiary alicyclic amines) is 1. The lowest BCUT2D eigenvalue weighted by atomic mass is 10.0. The highest BCUT2D eigenvalue weighted by atomic mass is 35.5. The van der Waals surface area contributed by atoms with Crippen molar-refractivity contribution in [2.75, 3.05) is 13.1 Å². The number of piperidine rings is 1. The molecule has 4 aromatic heterocycles. The van der Waals surface area contributed by atoms with Gasteiger partial charge < -0.3 is 14.4 Å². The zero-order valence-corrected chi connectivity index (χ0v) is 23.3. The first-order valence-electron chi connectivity index (χ1n) is 12.9. The molecule has 1 amide bonds. The minimum absolute atomic E-state index is 0.106. The first kappa shape index (κ1) is 26.9. The molecule has 206 valence electrons. The molecule has 39 heavy (non-hydrogen) atoms. The van der Waals surface area contributed by atoms with E-state index in [-0.39, 0.29) is 12.1 Å². The van der Waals surface area contributed by atoms with Gasteiger partial charge in [-0.3, -0.25) is 9.38 Å². The number of carbonyl (C=O) groups is 1. The van der Waals surface area contributed by atoms with E-state index in [9.17, 15) is 9.18 Å². The zero-order valence-electron chi connectivity index (χ0n) is 22.6. The van der Waals surface area contributed by atoms with E-state index in [2.05, 4.69) is 20.3 Å². The molecule has 0 unspecified atom stereocenters. The maximum absolute atomic E-state index is 13.4. The lowest BCUT2D eigenvalue weighted by molar-refractivity contribution is 0.0183. The molecule has 0 aromatic carbocycles. The minimum Gasteiger partial charge on any atom is -0.469 e. The second-order valence-corrected chi connectivity index (χ2v) is 11.1. The Bertz CT molecular complexity index is 1490. The second kappa shape index (κ2) is 10.4. The van der Waals surface area contributed by atoms with Gasteiger partial charge in [-0.1, -0.05) is 16.8 Å². The van der Waals surface area contributed by atoms with Crippen molar-refractivity contribution in [3.8, 4) is 17.1 Å². The van der Waals surface area contributed by atoms with Gasteiger partial charge >= 0.3 is 6.09 Å². The van der Waals surface area contributed by atoms with Crippen LogP contribution >= 0.6 is 11.6 Å². The third-order valence-electron chi connectivity index (χ3n) is 6.66. The highest BCUT2D eigenvalue weighted by molar-refractivity contribution is 6.29. The number of carbonyl (C=O) groups excluding carboxylic acids is 1. The van der Waals surface area contributed by atoms with Crippen LogP contribution in [0.1, 0.15) is 64.1 Å². The van der Waals surface area contributed by atoms with Crippen molar-refractivity contribution in [1.29, 1.82) is 0 Å². The van der Waals surface area contributed by atoms with Crippen LogP contribution in [0.15, 0.2) is 36.7 Å². The topological polar surface area (TPSA) is 99.7 Å². The number of hydrogen-bond donors (Lipinski definition) is 0. The fraction of sp³-hybridized carbons (Fsp3) is 0.444. The van der Waals surface area contributed by atoms with Crippen LogP contribution in [0.5, 0.6) is 5.88 Å². The van der Waals surface area contributed by atoms with Crippen molar-refractivity contribution in [2.45, 2.75) is 65.2 Å². The number of nitrogens with zero attached hydrogens (tertiary/aromatic N) is 7. The summed E-state index contributed by atoms with van der Waals surface area (Å²) < 4.78 is 28.7. The summed E-state index contributed by atoms with van der Waals surface area (Å²) in [6.07, 6.45) is 3.43. The zero-order chi connectivity index (χ0) is 27.9. The molecule has 1 aliphatic heterocycles. The number of rotatable bonds is 5. The maximum Gasteiger partial charge on any atom is 0.410 e. The summed E-state index contributed by atoms with van der Waals surface area (Å²) in [5.41, 5.74) is 3.00. The third kappa shape index (κ3) is 5.68. The molecular weight excluding hydrogens is 525 g/mol. The molecule has 1 fully saturated rings. The molecule has 5 heterocycles. The number of ether oxygens (including phenoxy) is 2. The summed E-state index contributed by atoms with van der Waals surface area (Å²) in [5, 5.41) is 9.35. The monoisotopic (exact) mass is 555 g/mol. The Hall–Kier alpha value is -3.73. The average molecular weight is 556 g/mol. The van der Waals surface area contributed by atoms with Gasteiger partial charge in [0.2, 0.25) is 5.88 Å². The summed E-state index contributed by atoms with van der Waals surface area (Å²) in [5.74, 6) is 0.0327. The highest BCUT2D eigenvalue weighted by Crippen LogP contribution is 2.33. The van der Waals surface area contributed by atoms with E-state index in [1.165, 1.54) is 6.07 Å². The fourth-order valence-electron chi connectivity index (χ4n) is 4.71. The Morgan fingerprint density at radius 2 is 1.90 bits per heavy atom. The molecule has 0 radical (unpaired) electrons. The first-order chi connectivity index (χ1) is 18.5. The van der Waals surface area contributed by atoms with Crippen LogP contribution in [0.2, 0.25) is 5.15 Å². The Kier molecular flexibility index (Phi) is 7.19. The van der Waals surface area contributed by atoms with Gasteiger partial charge in [0.1, 0.15) is 34.0 Å². The number of pyridine rings is 2. The van der Waals surface area contributed by atoms with E-state index in [1.807, 2.05) is 51.4 Å². The Balaban J connectivity index is 1.38. The summed E-state index contributed by atoms with van der Waals surface area (Å²) in [4.78, 5) is 22.7. The maximum atomic E-state index is 13.4. The van der Waals surface area contributed by atoms with Crippen LogP contribution < -0.4 is 4.74 Å². The molecule has 1 saturated heterocycles. The predicted octanol–water partition coefficient (Wildman–Crippen LogP) is 5.80. The minimum atomic E-state index is -0.526. The Morgan fingerprint density at radius 1 is 1.15 bits per heavy atom. The van der Waals surface area contributed by atoms with E-state index in [0.717, 1.165) is 30.3 Å². The third-order valence-corrected chi connectivity index (χ3v) is 6.92. The van der Waals surface area contributed by atoms with Crippen molar-refractivity contribution in [1.82, 2.24) is 34.3 Å².